The molecule has 2 bridgehead atoms. The minimum atomic E-state index is -3.14. The van der Waals surface area contributed by atoms with Crippen molar-refractivity contribution in [3.63, 3.8) is 0 Å². The fraction of sp³-hybridized carbons (Fsp3) is 0.333. The number of alkyl halides is 2. The molecule has 3 atom stereocenters. The first kappa shape index (κ1) is 19.9. The highest BCUT2D eigenvalue weighted by Crippen LogP contribution is 2.53. The summed E-state index contributed by atoms with van der Waals surface area (Å²) in [5.41, 5.74) is 9.73. The monoisotopic (exact) mass is 521 g/mol. The average molecular weight is 522 g/mol. The van der Waals surface area contributed by atoms with Crippen LogP contribution in [0.2, 0.25) is 0 Å². The van der Waals surface area contributed by atoms with Gasteiger partial charge in [0.05, 0.1) is 23.0 Å². The van der Waals surface area contributed by atoms with Crippen molar-refractivity contribution < 1.29 is 27.2 Å². The number of ether oxygens (including phenoxy) is 2. The van der Waals surface area contributed by atoms with Crippen LogP contribution in [-0.4, -0.2) is 50.6 Å². The van der Waals surface area contributed by atoms with Crippen LogP contribution in [0.15, 0.2) is 36.5 Å². The molecule has 11 heteroatoms. The third-order valence-electron chi connectivity index (χ3n) is 7.59. The lowest BCUT2D eigenvalue weighted by molar-refractivity contribution is -0.0505. The number of nitrogens with zero attached hydrogens (tertiary/aromatic N) is 5. The number of amides is 1. The summed E-state index contributed by atoms with van der Waals surface area (Å²) in [5, 5.41) is 4.64. The third kappa shape index (κ3) is 3.11. The van der Waals surface area contributed by atoms with E-state index in [4.69, 9.17) is 29.3 Å². The molecule has 3 aliphatic rings. The summed E-state index contributed by atoms with van der Waals surface area (Å²) in [5.74, 6) is -1.09. The molecule has 1 aromatic carbocycles. The summed E-state index contributed by atoms with van der Waals surface area (Å²) >= 11 is 0. The number of hydrogen-bond acceptors (Lipinski definition) is 7. The summed E-state index contributed by atoms with van der Waals surface area (Å²) in [6, 6.07) is 6.85. The number of benzene rings is 1. The van der Waals surface area contributed by atoms with Crippen molar-refractivity contribution in [1.82, 2.24) is 24.5 Å². The highest BCUT2D eigenvalue weighted by Gasteiger charge is 2.46. The molecule has 1 aliphatic carbocycles. The number of carbonyl (C=O) groups excluding carboxylic acids is 1. The van der Waals surface area contributed by atoms with E-state index in [1.807, 2.05) is 19.9 Å². The van der Waals surface area contributed by atoms with Gasteiger partial charge in [-0.3, -0.25) is 9.78 Å². The number of aryl methyl sites for hydroxylation is 1. The molecule has 0 saturated heterocycles. The zero-order valence-corrected chi connectivity index (χ0v) is 20.4. The Morgan fingerprint density at radius 1 is 1.26 bits per heavy atom. The molecule has 194 valence electrons. The molecule has 0 spiro atoms. The minimum Gasteiger partial charge on any atom is -0.489 e. The normalized spacial score (nSPS) is 24.8. The van der Waals surface area contributed by atoms with Crippen molar-refractivity contribution in [2.75, 3.05) is 13.6 Å². The fourth-order valence-electron chi connectivity index (χ4n) is 5.86. The Bertz CT molecular complexity index is 1770. The van der Waals surface area contributed by atoms with E-state index in [1.54, 1.807) is 12.3 Å². The molecule has 2 aliphatic heterocycles. The van der Waals surface area contributed by atoms with Gasteiger partial charge in [0.25, 0.3) is 5.91 Å². The summed E-state index contributed by atoms with van der Waals surface area (Å²) in [7, 11) is 0. The van der Waals surface area contributed by atoms with Gasteiger partial charge in [-0.05, 0) is 44.5 Å². The largest absolute Gasteiger partial charge is 0.489 e. The Balaban J connectivity index is 1.45. The van der Waals surface area contributed by atoms with E-state index in [0.717, 1.165) is 4.90 Å². The molecule has 9 nitrogen and oxygen atoms in total. The number of rotatable bonds is 3. The quantitative estimate of drug-likeness (QED) is 0.435. The molecule has 2 N–H and O–H groups in total. The number of pyridine rings is 1. The Morgan fingerprint density at radius 3 is 2.89 bits per heavy atom. The van der Waals surface area contributed by atoms with E-state index in [-0.39, 0.29) is 23.3 Å². The minimum absolute atomic E-state index is 0.00595. The predicted octanol–water partition coefficient (Wildman–Crippen LogP) is 3.93. The summed E-state index contributed by atoms with van der Waals surface area (Å²) in [4.78, 5) is 24.0. The van der Waals surface area contributed by atoms with Crippen molar-refractivity contribution in [3.05, 3.63) is 70.3 Å². The second kappa shape index (κ2) is 7.70. The smallest absolute Gasteiger partial charge is 0.387 e. The van der Waals surface area contributed by atoms with Crippen molar-refractivity contribution in [2.24, 2.45) is 5.73 Å². The molecule has 38 heavy (non-hydrogen) atoms. The molecule has 5 heterocycles. The number of aromatic nitrogens is 4. The molecule has 3 aromatic heterocycles. The zero-order chi connectivity index (χ0) is 29.0. The maximum atomic E-state index is 13.6. The maximum absolute atomic E-state index is 13.6. The maximum Gasteiger partial charge on any atom is 0.387 e. The van der Waals surface area contributed by atoms with Gasteiger partial charge in [-0.1, -0.05) is 6.07 Å². The van der Waals surface area contributed by atoms with Crippen LogP contribution >= 0.6 is 0 Å². The first-order valence-electron chi connectivity index (χ1n) is 13.6. The van der Waals surface area contributed by atoms with Gasteiger partial charge in [0.1, 0.15) is 23.8 Å². The van der Waals surface area contributed by atoms with E-state index >= 15 is 0 Å². The van der Waals surface area contributed by atoms with Crippen LogP contribution in [0.25, 0.3) is 16.9 Å². The van der Waals surface area contributed by atoms with Gasteiger partial charge in [0.2, 0.25) is 0 Å². The standard InChI is InChI=1S/C27H24F2N6O3/c1-12-14(10-19-23(31-12)27(2,30)11-37-19)16-7-8-35-24(32-16)21-15-9-17(22(21)33-35)34(3)25(36)13-5-4-6-18(20(13)15)38-26(28)29/h4-8,10,15,17,26H,9,11,30H2,1-3H3/t15-,17-,27+/m1/s1/i3D3. The third-order valence-corrected chi connectivity index (χ3v) is 7.59. The lowest BCUT2D eigenvalue weighted by Crippen LogP contribution is -2.35. The highest BCUT2D eigenvalue weighted by molar-refractivity contribution is 5.98. The van der Waals surface area contributed by atoms with Gasteiger partial charge in [-0.15, -0.1) is 0 Å². The van der Waals surface area contributed by atoms with E-state index < -0.39 is 37.0 Å². The van der Waals surface area contributed by atoms with Crippen molar-refractivity contribution in [1.29, 1.82) is 0 Å². The number of carbonyl (C=O) groups is 1. The van der Waals surface area contributed by atoms with Crippen LogP contribution in [0.4, 0.5) is 8.78 Å². The van der Waals surface area contributed by atoms with E-state index in [0.29, 0.717) is 51.9 Å². The molecular formula is C27H24F2N6O3. The van der Waals surface area contributed by atoms with Crippen molar-refractivity contribution >= 4 is 11.6 Å². The molecule has 0 saturated carbocycles. The first-order valence-corrected chi connectivity index (χ1v) is 12.1. The molecular weight excluding hydrogens is 494 g/mol. The molecule has 0 fully saturated rings. The Morgan fingerprint density at radius 2 is 2.11 bits per heavy atom. The zero-order valence-electron chi connectivity index (χ0n) is 23.4. The molecule has 1 amide bonds. The van der Waals surface area contributed by atoms with Gasteiger partial charge < -0.3 is 20.1 Å². The lowest BCUT2D eigenvalue weighted by Gasteiger charge is -2.23. The number of hydrogen-bond donors (Lipinski definition) is 1. The molecule has 7 rings (SSSR count). The number of halogens is 2. The second-order valence-corrected chi connectivity index (χ2v) is 10.1. The Hall–Kier alpha value is -4.12. The number of nitrogens with two attached hydrogens (primary N) is 1. The van der Waals surface area contributed by atoms with Gasteiger partial charge >= 0.3 is 6.61 Å². The molecule has 0 radical (unpaired) electrons. The van der Waals surface area contributed by atoms with Crippen LogP contribution in [0.3, 0.4) is 0 Å². The van der Waals surface area contributed by atoms with Crippen LogP contribution < -0.4 is 15.2 Å². The van der Waals surface area contributed by atoms with Crippen LogP contribution in [-0.2, 0) is 5.54 Å². The van der Waals surface area contributed by atoms with E-state index in [1.165, 1.54) is 22.7 Å². The first-order chi connectivity index (χ1) is 19.3. The predicted molar refractivity (Wildman–Crippen MR) is 132 cm³/mol. The van der Waals surface area contributed by atoms with E-state index in [9.17, 15) is 13.6 Å². The Kier molecular flexibility index (Phi) is 4.04. The average Bonchev–Trinajstić information content (AvgIpc) is 3.49. The second-order valence-electron chi connectivity index (χ2n) is 10.1. The van der Waals surface area contributed by atoms with Crippen molar-refractivity contribution in [3.8, 4) is 22.8 Å². The lowest BCUT2D eigenvalue weighted by atomic mass is 9.89. The Labute approximate surface area is 220 Å². The summed E-state index contributed by atoms with van der Waals surface area (Å²) < 4.78 is 63.5. The van der Waals surface area contributed by atoms with Gasteiger partial charge in [-0.2, -0.15) is 13.9 Å². The van der Waals surface area contributed by atoms with E-state index in [2.05, 4.69) is 5.10 Å². The number of fused-ring (bicyclic) bond motifs is 10. The molecule has 0 unspecified atom stereocenters. The topological polar surface area (TPSA) is 108 Å². The van der Waals surface area contributed by atoms with Gasteiger partial charge in [0.15, 0.2) is 5.65 Å². The fourth-order valence-corrected chi connectivity index (χ4v) is 5.86. The summed E-state index contributed by atoms with van der Waals surface area (Å²) in [6.07, 6.45) is 1.82. The van der Waals surface area contributed by atoms with Crippen LogP contribution in [0.5, 0.6) is 11.5 Å². The van der Waals surface area contributed by atoms with Gasteiger partial charge in [-0.25, -0.2) is 9.50 Å². The van der Waals surface area contributed by atoms with Crippen LogP contribution in [0, 0.1) is 6.92 Å². The molecule has 4 aromatic rings. The van der Waals surface area contributed by atoms with Crippen LogP contribution in [0.1, 0.15) is 68.0 Å². The van der Waals surface area contributed by atoms with Crippen molar-refractivity contribution in [2.45, 2.75) is 44.4 Å². The highest BCUT2D eigenvalue weighted by atomic mass is 19.3. The van der Waals surface area contributed by atoms with Gasteiger partial charge in [0, 0.05) is 51.2 Å². The SMILES string of the molecule is [2H]C([2H])([2H])N1C(=O)c2cccc(OC(F)F)c2[C@H]2C[C@@H]1c1nn3ccc(-c4cc5c(nc4C)[C@@](C)(N)CO5)nc3c12. The summed E-state index contributed by atoms with van der Waals surface area (Å²) in [6.45, 7) is -1.96.